The summed E-state index contributed by atoms with van der Waals surface area (Å²) < 4.78 is 1.05. The highest BCUT2D eigenvalue weighted by atomic mass is 79.9. The number of aliphatic carboxylic acids is 1. The van der Waals surface area contributed by atoms with Crippen molar-refractivity contribution in [1.82, 2.24) is 10.2 Å². The lowest BCUT2D eigenvalue weighted by molar-refractivity contribution is -0.137. The topological polar surface area (TPSA) is 69.6 Å². The number of halogens is 1. The smallest absolute Gasteiger partial charge is 0.317 e. The number of nitrogens with one attached hydrogen (secondary N) is 1. The zero-order chi connectivity index (χ0) is 17.5. The van der Waals surface area contributed by atoms with Crippen LogP contribution in [0.15, 0.2) is 40.4 Å². The molecule has 5 nitrogen and oxygen atoms in total. The summed E-state index contributed by atoms with van der Waals surface area (Å²) in [5.74, 6) is -0.846. The van der Waals surface area contributed by atoms with Crippen molar-refractivity contribution < 1.29 is 14.7 Å². The van der Waals surface area contributed by atoms with E-state index in [0.717, 1.165) is 16.5 Å². The lowest BCUT2D eigenvalue weighted by Gasteiger charge is -2.30. The van der Waals surface area contributed by atoms with Gasteiger partial charge >= 0.3 is 12.0 Å². The quantitative estimate of drug-likeness (QED) is 0.774. The van der Waals surface area contributed by atoms with Crippen molar-refractivity contribution in [3.05, 3.63) is 46.0 Å². The van der Waals surface area contributed by atoms with E-state index in [1.807, 2.05) is 30.3 Å². The first kappa shape index (κ1) is 18.5. The van der Waals surface area contributed by atoms with E-state index in [1.165, 1.54) is 5.57 Å². The van der Waals surface area contributed by atoms with Crippen LogP contribution in [0.1, 0.15) is 31.7 Å². The molecule has 1 aliphatic heterocycles. The van der Waals surface area contributed by atoms with Gasteiger partial charge in [0.2, 0.25) is 0 Å². The van der Waals surface area contributed by atoms with E-state index in [9.17, 15) is 9.59 Å². The molecule has 2 amide bonds. The molecule has 0 aromatic heterocycles. The average molecular weight is 395 g/mol. The van der Waals surface area contributed by atoms with Crippen LogP contribution in [0.2, 0.25) is 0 Å². The summed E-state index contributed by atoms with van der Waals surface area (Å²) in [5.41, 5.74) is 2.36. The van der Waals surface area contributed by atoms with Crippen molar-refractivity contribution in [2.45, 2.75) is 38.6 Å². The van der Waals surface area contributed by atoms with Crippen LogP contribution in [0.5, 0.6) is 0 Å². The molecule has 0 saturated heterocycles. The normalized spacial score (nSPS) is 16.0. The molecule has 1 aromatic rings. The number of urea groups is 1. The Morgan fingerprint density at radius 2 is 2.04 bits per heavy atom. The van der Waals surface area contributed by atoms with Crippen molar-refractivity contribution >= 4 is 27.9 Å². The van der Waals surface area contributed by atoms with Crippen LogP contribution in [0.4, 0.5) is 4.79 Å². The number of hydrogen-bond acceptors (Lipinski definition) is 2. The molecular formula is C18H23BrN2O3. The van der Waals surface area contributed by atoms with Gasteiger partial charge in [0.05, 0.1) is 6.54 Å². The minimum absolute atomic E-state index is 0.0421. The van der Waals surface area contributed by atoms with Crippen molar-refractivity contribution in [2.75, 3.05) is 13.1 Å². The molecule has 0 saturated carbocycles. The summed E-state index contributed by atoms with van der Waals surface area (Å²) in [6.07, 6.45) is 1.94. The fraction of sp³-hybridized carbons (Fsp3) is 0.444. The van der Waals surface area contributed by atoms with E-state index < -0.39 is 5.97 Å². The predicted octanol–water partition coefficient (Wildman–Crippen LogP) is 3.55. The van der Waals surface area contributed by atoms with Crippen LogP contribution in [0.25, 0.3) is 0 Å². The fourth-order valence-corrected chi connectivity index (χ4v) is 3.18. The molecule has 2 rings (SSSR count). The van der Waals surface area contributed by atoms with Crippen molar-refractivity contribution in [3.63, 3.8) is 0 Å². The number of carboxylic acid groups (broad SMARTS) is 1. The van der Waals surface area contributed by atoms with Gasteiger partial charge < -0.3 is 15.3 Å². The summed E-state index contributed by atoms with van der Waals surface area (Å²) in [5, 5.41) is 11.9. The Labute approximate surface area is 150 Å². The number of amides is 2. The number of carbonyl (C=O) groups excluding carboxylic acids is 1. The summed E-state index contributed by atoms with van der Waals surface area (Å²) in [7, 11) is 0. The Morgan fingerprint density at radius 3 is 2.67 bits per heavy atom. The Morgan fingerprint density at radius 1 is 1.33 bits per heavy atom. The molecular weight excluding hydrogens is 372 g/mol. The van der Waals surface area contributed by atoms with Gasteiger partial charge in [-0.3, -0.25) is 4.79 Å². The number of carboxylic acids is 1. The third-order valence-corrected chi connectivity index (χ3v) is 5.12. The Bertz CT molecular complexity index is 616. The Balaban J connectivity index is 1.98. The third kappa shape index (κ3) is 5.67. The summed E-state index contributed by atoms with van der Waals surface area (Å²) >= 11 is 3.51. The Kier molecular flexibility index (Phi) is 6.85. The average Bonchev–Trinajstić information content (AvgIpc) is 2.56. The highest BCUT2D eigenvalue weighted by Gasteiger charge is 2.22. The summed E-state index contributed by atoms with van der Waals surface area (Å²) in [4.78, 5) is 25.2. The van der Waals surface area contributed by atoms with Gasteiger partial charge in [0.15, 0.2) is 0 Å². The second-order valence-corrected chi connectivity index (χ2v) is 7.08. The molecule has 130 valence electrons. The van der Waals surface area contributed by atoms with Crippen LogP contribution in [0.3, 0.4) is 0 Å². The van der Waals surface area contributed by atoms with Gasteiger partial charge in [0, 0.05) is 23.5 Å². The van der Waals surface area contributed by atoms with E-state index in [4.69, 9.17) is 5.11 Å². The van der Waals surface area contributed by atoms with Gasteiger partial charge in [0.1, 0.15) is 0 Å². The third-order valence-electron chi connectivity index (χ3n) is 4.20. The molecule has 1 unspecified atom stereocenters. The van der Waals surface area contributed by atoms with Gasteiger partial charge in [-0.25, -0.2) is 4.79 Å². The highest BCUT2D eigenvalue weighted by molar-refractivity contribution is 9.11. The lowest BCUT2D eigenvalue weighted by Crippen LogP contribution is -2.47. The van der Waals surface area contributed by atoms with Gasteiger partial charge in [0.25, 0.3) is 0 Å². The van der Waals surface area contributed by atoms with Crippen LogP contribution in [-0.2, 0) is 11.2 Å². The van der Waals surface area contributed by atoms with Crippen LogP contribution >= 0.6 is 15.9 Å². The molecule has 24 heavy (non-hydrogen) atoms. The van der Waals surface area contributed by atoms with Crippen molar-refractivity contribution in [3.8, 4) is 0 Å². The SMILES string of the molecule is CC1=C(Br)CN(C(=O)NC(CCC(=O)O)Cc2ccccc2)CC1. The molecule has 2 N–H and O–H groups in total. The maximum absolute atomic E-state index is 12.5. The molecule has 0 spiro atoms. The summed E-state index contributed by atoms with van der Waals surface area (Å²) in [6, 6.07) is 9.48. The van der Waals surface area contributed by atoms with E-state index >= 15 is 0 Å². The number of hydrogen-bond donors (Lipinski definition) is 2. The lowest BCUT2D eigenvalue weighted by atomic mass is 10.0. The number of benzene rings is 1. The standard InChI is InChI=1S/C18H23BrN2O3/c1-13-9-10-21(12-16(13)19)18(24)20-15(7-8-17(22)23)11-14-5-3-2-4-6-14/h2-6,15H,7-12H2,1H3,(H,20,24)(H,22,23). The first-order valence-corrected chi connectivity index (χ1v) is 8.90. The maximum Gasteiger partial charge on any atom is 0.317 e. The van der Waals surface area contributed by atoms with Gasteiger partial charge in [-0.05, 0) is 31.7 Å². The zero-order valence-electron chi connectivity index (χ0n) is 13.8. The van der Waals surface area contributed by atoms with Crippen molar-refractivity contribution in [1.29, 1.82) is 0 Å². The molecule has 1 heterocycles. The zero-order valence-corrected chi connectivity index (χ0v) is 15.4. The number of nitrogens with zero attached hydrogens (tertiary/aromatic N) is 1. The minimum Gasteiger partial charge on any atom is -0.481 e. The predicted molar refractivity (Wildman–Crippen MR) is 97.2 cm³/mol. The molecule has 1 atom stereocenters. The van der Waals surface area contributed by atoms with Gasteiger partial charge in [-0.2, -0.15) is 0 Å². The number of carbonyl (C=O) groups is 2. The van der Waals surface area contributed by atoms with E-state index in [1.54, 1.807) is 4.90 Å². The molecule has 6 heteroatoms. The van der Waals surface area contributed by atoms with Crippen LogP contribution < -0.4 is 5.32 Å². The minimum atomic E-state index is -0.846. The molecule has 0 radical (unpaired) electrons. The molecule has 1 aliphatic rings. The van der Waals surface area contributed by atoms with E-state index in [-0.39, 0.29) is 18.5 Å². The van der Waals surface area contributed by atoms with E-state index in [2.05, 4.69) is 28.2 Å². The molecule has 0 aliphatic carbocycles. The molecule has 0 fully saturated rings. The van der Waals surface area contributed by atoms with Crippen molar-refractivity contribution in [2.24, 2.45) is 0 Å². The van der Waals surface area contributed by atoms with Crippen LogP contribution in [-0.4, -0.2) is 41.1 Å². The first-order valence-electron chi connectivity index (χ1n) is 8.11. The molecule has 0 bridgehead atoms. The molecule has 1 aromatic carbocycles. The Hall–Kier alpha value is -1.82. The van der Waals surface area contributed by atoms with Gasteiger partial charge in [-0.1, -0.05) is 51.8 Å². The number of rotatable bonds is 6. The van der Waals surface area contributed by atoms with Crippen LogP contribution in [0, 0.1) is 0 Å². The van der Waals surface area contributed by atoms with E-state index in [0.29, 0.717) is 25.9 Å². The first-order chi connectivity index (χ1) is 11.5. The second-order valence-electron chi connectivity index (χ2n) is 6.13. The summed E-state index contributed by atoms with van der Waals surface area (Å²) in [6.45, 7) is 3.31. The monoisotopic (exact) mass is 394 g/mol. The highest BCUT2D eigenvalue weighted by Crippen LogP contribution is 2.22. The van der Waals surface area contributed by atoms with Gasteiger partial charge in [-0.15, -0.1) is 0 Å². The largest absolute Gasteiger partial charge is 0.481 e. The second kappa shape index (κ2) is 8.87. The maximum atomic E-state index is 12.5. The fourth-order valence-electron chi connectivity index (χ4n) is 2.68.